The van der Waals surface area contributed by atoms with Crippen LogP contribution < -0.4 is 9.64 Å². The van der Waals surface area contributed by atoms with E-state index in [-0.39, 0.29) is 10.9 Å². The number of nitrogens with zero attached hydrogens (tertiary/aromatic N) is 4. The molecule has 9 heteroatoms. The van der Waals surface area contributed by atoms with Gasteiger partial charge in [0.1, 0.15) is 22.8 Å². The van der Waals surface area contributed by atoms with Crippen LogP contribution in [-0.4, -0.2) is 55.0 Å². The second kappa shape index (κ2) is 7.85. The highest BCUT2D eigenvalue weighted by Crippen LogP contribution is 2.36. The molecule has 1 saturated heterocycles. The van der Waals surface area contributed by atoms with Crippen molar-refractivity contribution >= 4 is 27.4 Å². The minimum Gasteiger partial charge on any atom is -0.495 e. The molecule has 28 heavy (non-hydrogen) atoms. The number of methoxy groups -OCH3 is 1. The molecule has 1 aromatic heterocycles. The number of sulfonamides is 1. The molecule has 2 aromatic rings. The standard InChI is InChI=1S/C19H23ClN4O3S/c1-27-17-5-2-14(20)12-18(17)28(25,26)23-10-7-16(8-11-23)24(15-3-4-15)19-6-9-21-13-22-19/h2,5-6,9,12-13,15-16H,3-4,7-8,10-11H2,1H3. The summed E-state index contributed by atoms with van der Waals surface area (Å²) in [4.78, 5) is 10.9. The normalized spacial score (nSPS) is 18.8. The molecule has 0 atom stereocenters. The van der Waals surface area contributed by atoms with Crippen LogP contribution in [0.4, 0.5) is 5.82 Å². The molecular weight excluding hydrogens is 400 g/mol. The molecule has 1 saturated carbocycles. The smallest absolute Gasteiger partial charge is 0.246 e. The Morgan fingerprint density at radius 1 is 1.14 bits per heavy atom. The van der Waals surface area contributed by atoms with Crippen LogP contribution in [0.1, 0.15) is 25.7 Å². The molecular formula is C19H23ClN4O3S. The molecule has 2 fully saturated rings. The molecule has 4 rings (SSSR count). The van der Waals surface area contributed by atoms with E-state index >= 15 is 0 Å². The summed E-state index contributed by atoms with van der Waals surface area (Å²) >= 11 is 6.04. The van der Waals surface area contributed by atoms with E-state index in [0.717, 1.165) is 31.5 Å². The lowest BCUT2D eigenvalue weighted by molar-refractivity contribution is 0.306. The van der Waals surface area contributed by atoms with Gasteiger partial charge < -0.3 is 9.64 Å². The monoisotopic (exact) mass is 422 g/mol. The summed E-state index contributed by atoms with van der Waals surface area (Å²) in [6.45, 7) is 0.911. The predicted octanol–water partition coefficient (Wildman–Crippen LogP) is 2.96. The maximum atomic E-state index is 13.2. The number of hydrogen-bond acceptors (Lipinski definition) is 6. The largest absolute Gasteiger partial charge is 0.495 e. The van der Waals surface area contributed by atoms with E-state index in [2.05, 4.69) is 14.9 Å². The van der Waals surface area contributed by atoms with Gasteiger partial charge in [0.25, 0.3) is 0 Å². The van der Waals surface area contributed by atoms with Gasteiger partial charge in [-0.05, 0) is 49.9 Å². The Labute approximate surface area is 170 Å². The third-order valence-corrected chi connectivity index (χ3v) is 7.49. The molecule has 0 radical (unpaired) electrons. The summed E-state index contributed by atoms with van der Waals surface area (Å²) in [6, 6.07) is 7.37. The average molecular weight is 423 g/mol. The third-order valence-electron chi connectivity index (χ3n) is 5.33. The van der Waals surface area contributed by atoms with Gasteiger partial charge in [-0.2, -0.15) is 4.31 Å². The molecule has 2 heterocycles. The van der Waals surface area contributed by atoms with Crippen molar-refractivity contribution in [2.75, 3.05) is 25.1 Å². The van der Waals surface area contributed by atoms with Gasteiger partial charge in [0.05, 0.1) is 7.11 Å². The SMILES string of the molecule is COc1ccc(Cl)cc1S(=O)(=O)N1CCC(N(c2ccncn2)C2CC2)CC1. The quantitative estimate of drug-likeness (QED) is 0.712. The first kappa shape index (κ1) is 19.4. The summed E-state index contributed by atoms with van der Waals surface area (Å²) in [6.07, 6.45) is 7.13. The van der Waals surface area contributed by atoms with E-state index in [0.29, 0.717) is 29.9 Å². The van der Waals surface area contributed by atoms with Crippen LogP contribution in [0, 0.1) is 0 Å². The van der Waals surface area contributed by atoms with Gasteiger partial charge in [-0.1, -0.05) is 11.6 Å². The van der Waals surface area contributed by atoms with Crippen LogP contribution in [0.15, 0.2) is 41.7 Å². The van der Waals surface area contributed by atoms with Crippen molar-refractivity contribution in [2.24, 2.45) is 0 Å². The molecule has 0 bridgehead atoms. The van der Waals surface area contributed by atoms with E-state index in [4.69, 9.17) is 16.3 Å². The van der Waals surface area contributed by atoms with E-state index in [1.165, 1.54) is 17.5 Å². The summed E-state index contributed by atoms with van der Waals surface area (Å²) in [5.41, 5.74) is 0. The lowest BCUT2D eigenvalue weighted by Crippen LogP contribution is -2.48. The molecule has 1 aliphatic carbocycles. The number of ether oxygens (including phenoxy) is 1. The van der Waals surface area contributed by atoms with E-state index < -0.39 is 10.0 Å². The van der Waals surface area contributed by atoms with Crippen molar-refractivity contribution in [3.63, 3.8) is 0 Å². The minimum atomic E-state index is -3.67. The number of anilines is 1. The Hall–Kier alpha value is -1.90. The molecule has 7 nitrogen and oxygen atoms in total. The number of piperidine rings is 1. The van der Waals surface area contributed by atoms with Crippen molar-refractivity contribution in [1.82, 2.24) is 14.3 Å². The van der Waals surface area contributed by atoms with Crippen LogP contribution in [0.2, 0.25) is 5.02 Å². The van der Waals surface area contributed by atoms with Gasteiger partial charge >= 0.3 is 0 Å². The van der Waals surface area contributed by atoms with Gasteiger partial charge in [-0.3, -0.25) is 0 Å². The van der Waals surface area contributed by atoms with Gasteiger partial charge in [0, 0.05) is 36.4 Å². The summed E-state index contributed by atoms with van der Waals surface area (Å²) < 4.78 is 33.1. The molecule has 1 aliphatic heterocycles. The summed E-state index contributed by atoms with van der Waals surface area (Å²) in [5, 5.41) is 0.373. The van der Waals surface area contributed by atoms with Crippen molar-refractivity contribution in [1.29, 1.82) is 0 Å². The Balaban J connectivity index is 1.51. The van der Waals surface area contributed by atoms with Crippen molar-refractivity contribution in [3.05, 3.63) is 41.8 Å². The number of rotatable bonds is 6. The lowest BCUT2D eigenvalue weighted by atomic mass is 10.0. The zero-order valence-electron chi connectivity index (χ0n) is 15.7. The Morgan fingerprint density at radius 3 is 2.46 bits per heavy atom. The highest BCUT2D eigenvalue weighted by Gasteiger charge is 2.39. The highest BCUT2D eigenvalue weighted by molar-refractivity contribution is 7.89. The third kappa shape index (κ3) is 3.81. The van der Waals surface area contributed by atoms with Crippen LogP contribution in [-0.2, 0) is 10.0 Å². The molecule has 150 valence electrons. The molecule has 0 spiro atoms. The van der Waals surface area contributed by atoms with E-state index in [9.17, 15) is 8.42 Å². The molecule has 1 aromatic carbocycles. The maximum Gasteiger partial charge on any atom is 0.246 e. The van der Waals surface area contributed by atoms with Crippen molar-refractivity contribution in [2.45, 2.75) is 42.7 Å². The Morgan fingerprint density at radius 2 is 1.86 bits per heavy atom. The van der Waals surface area contributed by atoms with Crippen LogP contribution >= 0.6 is 11.6 Å². The van der Waals surface area contributed by atoms with Gasteiger partial charge in [-0.25, -0.2) is 18.4 Å². The molecule has 0 N–H and O–H groups in total. The summed E-state index contributed by atoms with van der Waals surface area (Å²) in [5.74, 6) is 1.24. The fourth-order valence-corrected chi connectivity index (χ4v) is 5.70. The number of halogens is 1. The molecule has 0 unspecified atom stereocenters. The first-order chi connectivity index (χ1) is 13.5. The second-order valence-corrected chi connectivity index (χ2v) is 9.48. The zero-order chi connectivity index (χ0) is 19.7. The first-order valence-electron chi connectivity index (χ1n) is 9.39. The number of hydrogen-bond donors (Lipinski definition) is 0. The minimum absolute atomic E-state index is 0.121. The number of aromatic nitrogens is 2. The molecule has 2 aliphatic rings. The Kier molecular flexibility index (Phi) is 5.44. The second-order valence-electron chi connectivity index (χ2n) is 7.14. The van der Waals surface area contributed by atoms with E-state index in [1.54, 1.807) is 24.7 Å². The van der Waals surface area contributed by atoms with Crippen LogP contribution in [0.25, 0.3) is 0 Å². The first-order valence-corrected chi connectivity index (χ1v) is 11.2. The predicted molar refractivity (Wildman–Crippen MR) is 107 cm³/mol. The molecule has 0 amide bonds. The highest BCUT2D eigenvalue weighted by atomic mass is 35.5. The van der Waals surface area contributed by atoms with Gasteiger partial charge in [0.2, 0.25) is 10.0 Å². The van der Waals surface area contributed by atoms with Gasteiger partial charge in [0.15, 0.2) is 0 Å². The fraction of sp³-hybridized carbons (Fsp3) is 0.474. The van der Waals surface area contributed by atoms with Crippen LogP contribution in [0.5, 0.6) is 5.75 Å². The average Bonchev–Trinajstić information content (AvgIpc) is 3.54. The van der Waals surface area contributed by atoms with E-state index in [1.807, 2.05) is 6.07 Å². The van der Waals surface area contributed by atoms with Crippen molar-refractivity contribution < 1.29 is 13.2 Å². The van der Waals surface area contributed by atoms with Gasteiger partial charge in [-0.15, -0.1) is 0 Å². The van der Waals surface area contributed by atoms with Crippen LogP contribution in [0.3, 0.4) is 0 Å². The summed E-state index contributed by atoms with van der Waals surface area (Å²) in [7, 11) is -2.20. The topological polar surface area (TPSA) is 75.6 Å². The van der Waals surface area contributed by atoms with Crippen molar-refractivity contribution in [3.8, 4) is 5.75 Å². The maximum absolute atomic E-state index is 13.2. The lowest BCUT2D eigenvalue weighted by Gasteiger charge is -2.39. The number of benzene rings is 1. The fourth-order valence-electron chi connectivity index (χ4n) is 3.81. The zero-order valence-corrected chi connectivity index (χ0v) is 17.2. The Bertz CT molecular complexity index is 929.